The molecule has 0 radical (unpaired) electrons. The Hall–Kier alpha value is -1.48. The van der Waals surface area contributed by atoms with Crippen molar-refractivity contribution in [2.75, 3.05) is 13.2 Å². The molecule has 148 valence electrons. The smallest absolute Gasteiger partial charge is 0.282 e. The van der Waals surface area contributed by atoms with E-state index in [1.54, 1.807) is 0 Å². The fraction of sp³-hybridized carbons (Fsp3) is 0.222. The lowest BCUT2D eigenvalue weighted by Crippen LogP contribution is -2.10. The van der Waals surface area contributed by atoms with Crippen LogP contribution >= 0.6 is 55.1 Å². The van der Waals surface area contributed by atoms with Crippen LogP contribution in [0, 0.1) is 0 Å². The number of hydrogen-bond acceptors (Lipinski definition) is 6. The third-order valence-corrected chi connectivity index (χ3v) is 6.47. The van der Waals surface area contributed by atoms with E-state index in [1.165, 1.54) is 0 Å². The maximum atomic E-state index is 5.96. The van der Waals surface area contributed by atoms with Crippen molar-refractivity contribution in [3.63, 3.8) is 0 Å². The Balaban J connectivity index is 0.000000161. The Morgan fingerprint density at radius 2 is 1.18 bits per heavy atom. The SMILES string of the molecule is NC1=N[C@@H](c2ccc(Br)c(Cl)c2)CO1.NC1=N[C@H](c2ccc(Br)c(Cl)c2)CO1. The first-order valence-electron chi connectivity index (χ1n) is 8.15. The van der Waals surface area contributed by atoms with Crippen LogP contribution in [0.15, 0.2) is 55.3 Å². The molecule has 0 fully saturated rings. The van der Waals surface area contributed by atoms with Gasteiger partial charge in [-0.3, -0.25) is 0 Å². The maximum absolute atomic E-state index is 5.96. The van der Waals surface area contributed by atoms with Crippen molar-refractivity contribution in [3.05, 3.63) is 66.5 Å². The van der Waals surface area contributed by atoms with Crippen LogP contribution < -0.4 is 11.5 Å². The number of rotatable bonds is 2. The van der Waals surface area contributed by atoms with Crippen LogP contribution in [0.5, 0.6) is 0 Å². The van der Waals surface area contributed by atoms with Crippen LogP contribution in [-0.4, -0.2) is 25.3 Å². The molecule has 0 unspecified atom stereocenters. The minimum absolute atomic E-state index is 0.0272. The van der Waals surface area contributed by atoms with Gasteiger partial charge < -0.3 is 20.9 Å². The molecule has 2 aromatic carbocycles. The number of ether oxygens (including phenoxy) is 2. The molecule has 28 heavy (non-hydrogen) atoms. The van der Waals surface area contributed by atoms with Crippen LogP contribution in [0.25, 0.3) is 0 Å². The van der Waals surface area contributed by atoms with Gasteiger partial charge in [-0.2, -0.15) is 0 Å². The summed E-state index contributed by atoms with van der Waals surface area (Å²) in [6.45, 7) is 0.980. The van der Waals surface area contributed by atoms with Crippen molar-refractivity contribution < 1.29 is 9.47 Å². The van der Waals surface area contributed by atoms with E-state index in [0.29, 0.717) is 23.3 Å². The predicted octanol–water partition coefficient (Wildman–Crippen LogP) is 4.98. The van der Waals surface area contributed by atoms with Gasteiger partial charge in [0.25, 0.3) is 12.0 Å². The van der Waals surface area contributed by atoms with Gasteiger partial charge in [-0.25, -0.2) is 9.98 Å². The number of benzene rings is 2. The van der Waals surface area contributed by atoms with E-state index in [1.807, 2.05) is 36.4 Å². The van der Waals surface area contributed by atoms with Crippen LogP contribution in [-0.2, 0) is 9.47 Å². The van der Waals surface area contributed by atoms with Crippen molar-refractivity contribution in [1.82, 2.24) is 0 Å². The van der Waals surface area contributed by atoms with Gasteiger partial charge in [-0.1, -0.05) is 35.3 Å². The predicted molar refractivity (Wildman–Crippen MR) is 119 cm³/mol. The highest BCUT2D eigenvalue weighted by molar-refractivity contribution is 9.10. The van der Waals surface area contributed by atoms with Crippen LogP contribution in [0.2, 0.25) is 10.0 Å². The standard InChI is InChI=1S/2C9H8BrClN2O/c2*10-6-2-1-5(3-7(6)11)8-4-14-9(12)13-8/h2*1-3,8H,4H2,(H2,12,13)/t2*8-/m10/s1. The summed E-state index contributed by atoms with van der Waals surface area (Å²) in [6, 6.07) is 11.8. The lowest BCUT2D eigenvalue weighted by atomic mass is 10.1. The molecule has 2 atom stereocenters. The molecule has 2 aliphatic rings. The number of aliphatic imine (C=N–C) groups is 2. The van der Waals surface area contributed by atoms with Crippen LogP contribution in [0.1, 0.15) is 23.2 Å². The average Bonchev–Trinajstić information content (AvgIpc) is 3.29. The number of nitrogens with zero attached hydrogens (tertiary/aromatic N) is 2. The molecule has 0 aliphatic carbocycles. The van der Waals surface area contributed by atoms with Crippen LogP contribution in [0.3, 0.4) is 0 Å². The molecule has 4 N–H and O–H groups in total. The van der Waals surface area contributed by atoms with Gasteiger partial charge in [0.1, 0.15) is 25.3 Å². The zero-order valence-corrected chi connectivity index (χ0v) is 19.1. The third-order valence-electron chi connectivity index (χ3n) is 4.00. The Morgan fingerprint density at radius 3 is 1.46 bits per heavy atom. The third kappa shape index (κ3) is 5.31. The van der Waals surface area contributed by atoms with Crippen molar-refractivity contribution in [3.8, 4) is 0 Å². The summed E-state index contributed by atoms with van der Waals surface area (Å²) in [5.74, 6) is 0. The van der Waals surface area contributed by atoms with E-state index < -0.39 is 0 Å². The molecular weight excluding hydrogens is 535 g/mol. The van der Waals surface area contributed by atoms with Gasteiger partial charge in [0.15, 0.2) is 0 Å². The fourth-order valence-electron chi connectivity index (χ4n) is 2.57. The number of nitrogens with two attached hydrogens (primary N) is 2. The van der Waals surface area contributed by atoms with Gasteiger partial charge in [-0.15, -0.1) is 0 Å². The summed E-state index contributed by atoms with van der Waals surface area (Å²) < 4.78 is 11.9. The lowest BCUT2D eigenvalue weighted by Gasteiger charge is -2.06. The van der Waals surface area contributed by atoms with Gasteiger partial charge in [-0.05, 0) is 67.3 Å². The molecule has 6 nitrogen and oxygen atoms in total. The zero-order chi connectivity index (χ0) is 20.3. The Bertz CT molecular complexity index is 864. The van der Waals surface area contributed by atoms with E-state index >= 15 is 0 Å². The highest BCUT2D eigenvalue weighted by atomic mass is 79.9. The summed E-state index contributed by atoms with van der Waals surface area (Å²) in [7, 11) is 0. The molecule has 2 aliphatic heterocycles. The monoisotopic (exact) mass is 548 g/mol. The molecule has 0 amide bonds. The van der Waals surface area contributed by atoms with Crippen LogP contribution in [0.4, 0.5) is 0 Å². The van der Waals surface area contributed by atoms with Gasteiger partial charge in [0.2, 0.25) is 0 Å². The molecule has 0 aromatic heterocycles. The van der Waals surface area contributed by atoms with E-state index in [9.17, 15) is 0 Å². The molecule has 0 spiro atoms. The second-order valence-corrected chi connectivity index (χ2v) is 8.46. The van der Waals surface area contributed by atoms with Gasteiger partial charge in [0.05, 0.1) is 10.0 Å². The summed E-state index contributed by atoms with van der Waals surface area (Å²) >= 11 is 18.6. The van der Waals surface area contributed by atoms with Gasteiger partial charge >= 0.3 is 0 Å². The summed E-state index contributed by atoms with van der Waals surface area (Å²) in [4.78, 5) is 8.26. The zero-order valence-electron chi connectivity index (χ0n) is 14.4. The largest absolute Gasteiger partial charge is 0.463 e. The molecular formula is C18H16Br2Cl2N4O2. The number of amidine groups is 2. The first kappa shape index (κ1) is 21.2. The summed E-state index contributed by atoms with van der Waals surface area (Å²) in [6.07, 6.45) is 0. The Kier molecular flexibility index (Phi) is 7.09. The molecule has 10 heteroatoms. The maximum Gasteiger partial charge on any atom is 0.282 e. The van der Waals surface area contributed by atoms with E-state index in [2.05, 4.69) is 41.8 Å². The van der Waals surface area contributed by atoms with Crippen molar-refractivity contribution >= 4 is 67.1 Å². The normalized spacial score (nSPS) is 20.4. The van der Waals surface area contributed by atoms with Crippen molar-refractivity contribution in [2.45, 2.75) is 12.1 Å². The molecule has 0 saturated heterocycles. The molecule has 2 heterocycles. The van der Waals surface area contributed by atoms with E-state index in [-0.39, 0.29) is 24.1 Å². The molecule has 2 aromatic rings. The topological polar surface area (TPSA) is 95.2 Å². The summed E-state index contributed by atoms with van der Waals surface area (Å²) in [5, 5.41) is 1.34. The minimum atomic E-state index is -0.0272. The first-order valence-corrected chi connectivity index (χ1v) is 10.5. The Labute approximate surface area is 189 Å². The van der Waals surface area contributed by atoms with E-state index in [4.69, 9.17) is 44.1 Å². The average molecular weight is 551 g/mol. The van der Waals surface area contributed by atoms with Crippen molar-refractivity contribution in [1.29, 1.82) is 0 Å². The fourth-order valence-corrected chi connectivity index (χ4v) is 3.44. The molecule has 0 saturated carbocycles. The second kappa shape index (κ2) is 9.35. The highest BCUT2D eigenvalue weighted by Gasteiger charge is 2.20. The lowest BCUT2D eigenvalue weighted by molar-refractivity contribution is 0.315. The quantitative estimate of drug-likeness (QED) is 0.551. The molecule has 4 rings (SSSR count). The Morgan fingerprint density at radius 1 is 0.786 bits per heavy atom. The first-order chi connectivity index (χ1) is 13.3. The van der Waals surface area contributed by atoms with Gasteiger partial charge in [0, 0.05) is 8.95 Å². The summed E-state index contributed by atoms with van der Waals surface area (Å²) in [5.41, 5.74) is 12.9. The minimum Gasteiger partial charge on any atom is -0.463 e. The molecule has 0 bridgehead atoms. The highest BCUT2D eigenvalue weighted by Crippen LogP contribution is 2.30. The van der Waals surface area contributed by atoms with Crippen molar-refractivity contribution in [2.24, 2.45) is 21.5 Å². The second-order valence-electron chi connectivity index (χ2n) is 5.94. The number of hydrogen-bond donors (Lipinski definition) is 2. The number of halogens is 4. The van der Waals surface area contributed by atoms with E-state index in [0.717, 1.165) is 20.1 Å².